The monoisotopic (exact) mass is 300 g/mol. The van der Waals surface area contributed by atoms with Crippen molar-refractivity contribution >= 4 is 15.7 Å². The summed E-state index contributed by atoms with van der Waals surface area (Å²) >= 11 is 0. The summed E-state index contributed by atoms with van der Waals surface area (Å²) < 4.78 is 34.3. The average molecular weight is 300 g/mol. The van der Waals surface area contributed by atoms with Crippen molar-refractivity contribution in [3.8, 4) is 0 Å². The third-order valence-corrected chi connectivity index (χ3v) is 4.31. The van der Waals surface area contributed by atoms with E-state index in [1.54, 1.807) is 19.2 Å². The Morgan fingerprint density at radius 1 is 1.30 bits per heavy atom. The molecule has 1 aromatic rings. The van der Waals surface area contributed by atoms with Crippen LogP contribution in [-0.2, 0) is 19.3 Å². The maximum absolute atomic E-state index is 12.1. The number of hydrogen-bond acceptors (Lipinski definition) is 5. The van der Waals surface area contributed by atoms with Gasteiger partial charge in [0.25, 0.3) is 0 Å². The third-order valence-electron chi connectivity index (χ3n) is 2.64. The quantitative estimate of drug-likeness (QED) is 0.399. The molecule has 0 aliphatic heterocycles. The van der Waals surface area contributed by atoms with Gasteiger partial charge in [-0.2, -0.15) is 0 Å². The predicted molar refractivity (Wildman–Crippen MR) is 76.8 cm³/mol. The highest BCUT2D eigenvalue weighted by atomic mass is 32.2. The van der Waals surface area contributed by atoms with Gasteiger partial charge in [0, 0.05) is 25.9 Å². The van der Waals surface area contributed by atoms with Gasteiger partial charge in [-0.05, 0) is 18.6 Å². The summed E-state index contributed by atoms with van der Waals surface area (Å²) in [6, 6.07) is 6.07. The van der Waals surface area contributed by atoms with E-state index in [2.05, 4.69) is 0 Å². The summed E-state index contributed by atoms with van der Waals surface area (Å²) in [7, 11) is -1.81. The van der Waals surface area contributed by atoms with Crippen molar-refractivity contribution in [2.24, 2.45) is 5.73 Å². The third kappa shape index (κ3) is 5.28. The van der Waals surface area contributed by atoms with Crippen LogP contribution in [0.3, 0.4) is 0 Å². The Hall–Kier alpha value is -1.44. The summed E-state index contributed by atoms with van der Waals surface area (Å²) in [5.41, 5.74) is 5.74. The Labute approximate surface area is 119 Å². The van der Waals surface area contributed by atoms with Gasteiger partial charge in [0.1, 0.15) is 5.84 Å². The maximum Gasteiger partial charge on any atom is 0.180 e. The van der Waals surface area contributed by atoms with Crippen LogP contribution < -0.4 is 5.73 Å². The molecular formula is C13H20N2O4S. The molecule has 0 saturated heterocycles. The van der Waals surface area contributed by atoms with E-state index in [4.69, 9.17) is 20.6 Å². The zero-order chi connectivity index (χ0) is 15.0. The lowest BCUT2D eigenvalue weighted by atomic mass is 10.2. The highest BCUT2D eigenvalue weighted by Crippen LogP contribution is 2.13. The van der Waals surface area contributed by atoms with Crippen LogP contribution in [0.25, 0.3) is 0 Å². The molecule has 0 radical (unpaired) electrons. The van der Waals surface area contributed by atoms with Crippen LogP contribution in [0.5, 0.6) is 0 Å². The lowest BCUT2D eigenvalue weighted by Crippen LogP contribution is -2.15. The van der Waals surface area contributed by atoms with E-state index in [0.29, 0.717) is 18.8 Å². The van der Waals surface area contributed by atoms with Crippen LogP contribution in [-0.4, -0.2) is 46.9 Å². The molecule has 6 nitrogen and oxygen atoms in total. The van der Waals surface area contributed by atoms with Gasteiger partial charge in [-0.15, -0.1) is 0 Å². The Balaban J connectivity index is 2.56. The van der Waals surface area contributed by atoms with Crippen molar-refractivity contribution in [1.29, 1.82) is 5.41 Å². The molecule has 1 aromatic carbocycles. The van der Waals surface area contributed by atoms with E-state index in [0.717, 1.165) is 6.42 Å². The highest BCUT2D eigenvalue weighted by molar-refractivity contribution is 7.91. The molecule has 0 heterocycles. The molecule has 20 heavy (non-hydrogen) atoms. The molecule has 0 atom stereocenters. The van der Waals surface area contributed by atoms with E-state index in [1.165, 1.54) is 12.1 Å². The molecule has 7 heteroatoms. The molecule has 0 bridgehead atoms. The largest absolute Gasteiger partial charge is 0.385 e. The zero-order valence-corrected chi connectivity index (χ0v) is 12.3. The predicted octanol–water partition coefficient (Wildman–Crippen LogP) is 0.797. The number of amidine groups is 1. The fraction of sp³-hybridized carbons (Fsp3) is 0.462. The number of methoxy groups -OCH3 is 1. The Morgan fingerprint density at radius 3 is 2.70 bits per heavy atom. The minimum absolute atomic E-state index is 0.0959. The number of sulfone groups is 1. The second-order valence-electron chi connectivity index (χ2n) is 4.22. The van der Waals surface area contributed by atoms with E-state index in [1.807, 2.05) is 0 Å². The molecule has 3 N–H and O–H groups in total. The first-order valence-electron chi connectivity index (χ1n) is 6.21. The lowest BCUT2D eigenvalue weighted by molar-refractivity contribution is 0.112. The number of ether oxygens (including phenoxy) is 2. The molecular weight excluding hydrogens is 280 g/mol. The fourth-order valence-electron chi connectivity index (χ4n) is 1.55. The Bertz CT molecular complexity index is 543. The SMILES string of the molecule is COCCCOCCS(=O)(=O)c1cccc(C(=N)N)c1. The summed E-state index contributed by atoms with van der Waals surface area (Å²) in [5, 5.41) is 7.32. The summed E-state index contributed by atoms with van der Waals surface area (Å²) in [6.07, 6.45) is 0.733. The molecule has 0 saturated carbocycles. The van der Waals surface area contributed by atoms with Crippen LogP contribution in [0, 0.1) is 5.41 Å². The number of benzene rings is 1. The summed E-state index contributed by atoms with van der Waals surface area (Å²) in [4.78, 5) is 0.158. The van der Waals surface area contributed by atoms with Gasteiger partial charge < -0.3 is 15.2 Å². The number of hydrogen-bond donors (Lipinski definition) is 2. The Morgan fingerprint density at radius 2 is 2.05 bits per heavy atom. The van der Waals surface area contributed by atoms with Crippen molar-refractivity contribution < 1.29 is 17.9 Å². The lowest BCUT2D eigenvalue weighted by Gasteiger charge is -2.07. The van der Waals surface area contributed by atoms with Gasteiger partial charge in [-0.3, -0.25) is 5.41 Å². The van der Waals surface area contributed by atoms with Gasteiger partial charge in [0.05, 0.1) is 17.3 Å². The van der Waals surface area contributed by atoms with E-state index < -0.39 is 9.84 Å². The molecule has 0 spiro atoms. The van der Waals surface area contributed by atoms with Crippen LogP contribution in [0.2, 0.25) is 0 Å². The van der Waals surface area contributed by atoms with Gasteiger partial charge >= 0.3 is 0 Å². The van der Waals surface area contributed by atoms with Crippen molar-refractivity contribution in [2.45, 2.75) is 11.3 Å². The van der Waals surface area contributed by atoms with E-state index in [-0.39, 0.29) is 23.1 Å². The van der Waals surface area contributed by atoms with Gasteiger partial charge in [-0.25, -0.2) is 8.42 Å². The Kier molecular flexibility index (Phi) is 6.63. The normalized spacial score (nSPS) is 11.4. The molecule has 1 rings (SSSR count). The number of rotatable bonds is 9. The van der Waals surface area contributed by atoms with Crippen LogP contribution >= 0.6 is 0 Å². The molecule has 0 amide bonds. The van der Waals surface area contributed by atoms with Crippen LogP contribution in [0.1, 0.15) is 12.0 Å². The first-order chi connectivity index (χ1) is 9.47. The van der Waals surface area contributed by atoms with Crippen molar-refractivity contribution in [3.05, 3.63) is 29.8 Å². The minimum Gasteiger partial charge on any atom is -0.385 e. The maximum atomic E-state index is 12.1. The van der Waals surface area contributed by atoms with Gasteiger partial charge in [-0.1, -0.05) is 12.1 Å². The summed E-state index contributed by atoms with van der Waals surface area (Å²) in [5.74, 6) is -0.251. The average Bonchev–Trinajstić information content (AvgIpc) is 2.43. The molecule has 0 fully saturated rings. The molecule has 0 unspecified atom stereocenters. The second-order valence-corrected chi connectivity index (χ2v) is 6.33. The molecule has 0 aromatic heterocycles. The van der Waals surface area contributed by atoms with E-state index >= 15 is 0 Å². The topological polar surface area (TPSA) is 102 Å². The molecule has 0 aliphatic rings. The van der Waals surface area contributed by atoms with Crippen molar-refractivity contribution in [3.63, 3.8) is 0 Å². The molecule has 0 aliphatic carbocycles. The molecule has 112 valence electrons. The number of nitrogens with one attached hydrogen (secondary N) is 1. The standard InChI is InChI=1S/C13H20N2O4S/c1-18-6-3-7-19-8-9-20(16,17)12-5-2-4-11(10-12)13(14)15/h2,4-5,10H,3,6-9H2,1H3,(H3,14,15). The first-order valence-corrected chi connectivity index (χ1v) is 7.86. The van der Waals surface area contributed by atoms with Crippen molar-refractivity contribution in [1.82, 2.24) is 0 Å². The first kappa shape index (κ1) is 16.6. The zero-order valence-electron chi connectivity index (χ0n) is 11.5. The number of nitrogen functional groups attached to an aromatic ring is 1. The smallest absolute Gasteiger partial charge is 0.180 e. The highest BCUT2D eigenvalue weighted by Gasteiger charge is 2.15. The minimum atomic E-state index is -3.42. The van der Waals surface area contributed by atoms with E-state index in [9.17, 15) is 8.42 Å². The van der Waals surface area contributed by atoms with Crippen LogP contribution in [0.15, 0.2) is 29.2 Å². The van der Waals surface area contributed by atoms with Crippen LogP contribution in [0.4, 0.5) is 0 Å². The van der Waals surface area contributed by atoms with Crippen molar-refractivity contribution in [2.75, 3.05) is 32.7 Å². The second kappa shape index (κ2) is 7.98. The van der Waals surface area contributed by atoms with Gasteiger partial charge in [0.2, 0.25) is 0 Å². The van der Waals surface area contributed by atoms with Gasteiger partial charge in [0.15, 0.2) is 9.84 Å². The summed E-state index contributed by atoms with van der Waals surface area (Å²) in [6.45, 7) is 1.20. The number of nitrogens with two attached hydrogens (primary N) is 1. The fourth-order valence-corrected chi connectivity index (χ4v) is 2.72.